The van der Waals surface area contributed by atoms with Gasteiger partial charge in [-0.15, -0.1) is 0 Å². The molecule has 150 valence electrons. The predicted octanol–water partition coefficient (Wildman–Crippen LogP) is 4.20. The van der Waals surface area contributed by atoms with E-state index in [0.29, 0.717) is 17.2 Å². The summed E-state index contributed by atoms with van der Waals surface area (Å²) in [5.41, 5.74) is 1.69. The van der Waals surface area contributed by atoms with Crippen molar-refractivity contribution in [3.05, 3.63) is 70.7 Å². The quantitative estimate of drug-likeness (QED) is 0.754. The van der Waals surface area contributed by atoms with Crippen LogP contribution in [0.5, 0.6) is 0 Å². The summed E-state index contributed by atoms with van der Waals surface area (Å²) in [6, 6.07) is 16.4. The van der Waals surface area contributed by atoms with Gasteiger partial charge in [0.25, 0.3) is 5.91 Å². The number of halogens is 1. The molecular weight excluding hydrogens is 392 g/mol. The van der Waals surface area contributed by atoms with E-state index in [9.17, 15) is 9.59 Å². The highest BCUT2D eigenvalue weighted by Crippen LogP contribution is 2.33. The summed E-state index contributed by atoms with van der Waals surface area (Å²) in [6.07, 6.45) is -0.726. The number of carbonyl (C=O) groups is 2. The number of rotatable bonds is 4. The van der Waals surface area contributed by atoms with Crippen molar-refractivity contribution in [3.8, 4) is 0 Å². The van der Waals surface area contributed by atoms with Gasteiger partial charge in [0.2, 0.25) is 6.10 Å². The zero-order chi connectivity index (χ0) is 20.6. The van der Waals surface area contributed by atoms with Crippen molar-refractivity contribution in [2.45, 2.75) is 44.4 Å². The van der Waals surface area contributed by atoms with Crippen LogP contribution in [0.4, 0.5) is 4.79 Å². The Morgan fingerprint density at radius 3 is 2.55 bits per heavy atom. The number of amides is 2. The Morgan fingerprint density at radius 2 is 1.86 bits per heavy atom. The summed E-state index contributed by atoms with van der Waals surface area (Å²) in [7, 11) is 0. The second kappa shape index (κ2) is 7.52. The lowest BCUT2D eigenvalue weighted by Gasteiger charge is -2.28. The van der Waals surface area contributed by atoms with Gasteiger partial charge in [-0.25, -0.2) is 9.69 Å². The first-order valence-corrected chi connectivity index (χ1v) is 9.81. The monoisotopic (exact) mass is 412 g/mol. The molecule has 0 aliphatic carbocycles. The molecule has 2 aliphatic rings. The number of cyclic esters (lactones) is 1. The Hall–Kier alpha value is -2.86. The predicted molar refractivity (Wildman–Crippen MR) is 109 cm³/mol. The van der Waals surface area contributed by atoms with Gasteiger partial charge in [0.15, 0.2) is 0 Å². The maximum Gasteiger partial charge on any atom is 0.417 e. The molecule has 0 saturated carbocycles. The van der Waals surface area contributed by atoms with Gasteiger partial charge < -0.3 is 9.57 Å². The fraction of sp³-hybridized carbons (Fsp3) is 0.318. The number of oxime groups is 1. The Bertz CT molecular complexity index is 957. The van der Waals surface area contributed by atoms with Gasteiger partial charge in [0.05, 0.1) is 11.8 Å². The molecule has 2 aliphatic heterocycles. The zero-order valence-electron chi connectivity index (χ0n) is 16.2. The molecule has 0 unspecified atom stereocenters. The number of benzene rings is 2. The van der Waals surface area contributed by atoms with E-state index >= 15 is 0 Å². The third kappa shape index (κ3) is 3.85. The van der Waals surface area contributed by atoms with Gasteiger partial charge in [-0.1, -0.05) is 59.2 Å². The van der Waals surface area contributed by atoms with E-state index in [2.05, 4.69) is 5.16 Å². The van der Waals surface area contributed by atoms with Crippen LogP contribution >= 0.6 is 11.6 Å². The molecule has 0 aromatic heterocycles. The van der Waals surface area contributed by atoms with Crippen LogP contribution < -0.4 is 0 Å². The molecule has 2 heterocycles. The van der Waals surface area contributed by atoms with Crippen LogP contribution in [0.1, 0.15) is 31.4 Å². The minimum absolute atomic E-state index is 0.280. The SMILES string of the molecule is CC1(C)OC(=O)N(C(=O)[C@@H]2CC(c3ccc(Cl)cc3)=NO2)[C@H]1Cc1ccccc1. The molecule has 2 aromatic carbocycles. The first-order valence-electron chi connectivity index (χ1n) is 9.44. The van der Waals surface area contributed by atoms with Crippen molar-refractivity contribution < 1.29 is 19.2 Å². The summed E-state index contributed by atoms with van der Waals surface area (Å²) in [6.45, 7) is 3.63. The fourth-order valence-electron chi connectivity index (χ4n) is 3.68. The Morgan fingerprint density at radius 1 is 1.17 bits per heavy atom. The Balaban J connectivity index is 1.52. The van der Waals surface area contributed by atoms with Crippen molar-refractivity contribution in [2.24, 2.45) is 5.16 Å². The molecular formula is C22H21ClN2O4. The van der Waals surface area contributed by atoms with Gasteiger partial charge in [0, 0.05) is 11.4 Å². The van der Waals surface area contributed by atoms with Crippen LogP contribution in [0, 0.1) is 0 Å². The molecule has 2 amide bonds. The molecule has 29 heavy (non-hydrogen) atoms. The lowest BCUT2D eigenvalue weighted by molar-refractivity contribution is -0.140. The topological polar surface area (TPSA) is 68.2 Å². The second-order valence-corrected chi connectivity index (χ2v) is 8.16. The first-order chi connectivity index (χ1) is 13.8. The summed E-state index contributed by atoms with van der Waals surface area (Å²) >= 11 is 5.93. The third-order valence-electron chi connectivity index (χ3n) is 5.29. The van der Waals surface area contributed by atoms with Crippen molar-refractivity contribution in [1.29, 1.82) is 0 Å². The summed E-state index contributed by atoms with van der Waals surface area (Å²) in [5.74, 6) is -0.436. The van der Waals surface area contributed by atoms with E-state index in [1.807, 2.05) is 56.3 Å². The van der Waals surface area contributed by atoms with Crippen LogP contribution in [-0.4, -0.2) is 40.4 Å². The van der Waals surface area contributed by atoms with E-state index in [1.165, 1.54) is 4.90 Å². The van der Waals surface area contributed by atoms with Gasteiger partial charge in [0.1, 0.15) is 5.60 Å². The largest absolute Gasteiger partial charge is 0.441 e. The third-order valence-corrected chi connectivity index (χ3v) is 5.54. The lowest BCUT2D eigenvalue weighted by Crippen LogP contribution is -2.49. The standard InChI is InChI=1S/C22H21ClN2O4/c1-22(2)19(12-14-6-4-3-5-7-14)25(21(27)28-22)20(26)18-13-17(24-29-18)15-8-10-16(23)11-9-15/h3-11,18-19H,12-13H2,1-2H3/t18-,19-/m0/s1. The number of hydrogen-bond donors (Lipinski definition) is 0. The van der Waals surface area contributed by atoms with Gasteiger partial charge in [-0.2, -0.15) is 0 Å². The number of hydrogen-bond acceptors (Lipinski definition) is 5. The molecule has 0 bridgehead atoms. The summed E-state index contributed by atoms with van der Waals surface area (Å²) < 4.78 is 5.51. The first kappa shape index (κ1) is 19.5. The van der Waals surface area contributed by atoms with E-state index in [0.717, 1.165) is 11.1 Å². The molecule has 4 rings (SSSR count). The normalized spacial score (nSPS) is 22.8. The maximum atomic E-state index is 13.2. The van der Waals surface area contributed by atoms with E-state index in [1.54, 1.807) is 12.1 Å². The smallest absolute Gasteiger partial charge is 0.417 e. The minimum Gasteiger partial charge on any atom is -0.441 e. The van der Waals surface area contributed by atoms with Crippen molar-refractivity contribution >= 4 is 29.3 Å². The fourth-order valence-corrected chi connectivity index (χ4v) is 3.80. The Labute approximate surface area is 174 Å². The number of ether oxygens (including phenoxy) is 1. The zero-order valence-corrected chi connectivity index (χ0v) is 16.9. The van der Waals surface area contributed by atoms with Crippen molar-refractivity contribution in [2.75, 3.05) is 0 Å². The van der Waals surface area contributed by atoms with E-state index < -0.39 is 29.7 Å². The molecule has 1 saturated heterocycles. The van der Waals surface area contributed by atoms with Crippen LogP contribution in [0.3, 0.4) is 0 Å². The molecule has 0 spiro atoms. The number of imide groups is 1. The molecule has 7 heteroatoms. The molecule has 6 nitrogen and oxygen atoms in total. The van der Waals surface area contributed by atoms with Gasteiger partial charge >= 0.3 is 6.09 Å². The van der Waals surface area contributed by atoms with Crippen molar-refractivity contribution in [3.63, 3.8) is 0 Å². The van der Waals surface area contributed by atoms with E-state index in [-0.39, 0.29) is 6.42 Å². The molecule has 2 aromatic rings. The Kier molecular flexibility index (Phi) is 5.04. The molecule has 1 fully saturated rings. The molecule has 2 atom stereocenters. The average Bonchev–Trinajstić information content (AvgIpc) is 3.26. The lowest BCUT2D eigenvalue weighted by atomic mass is 9.91. The molecule has 0 N–H and O–H groups in total. The number of nitrogens with zero attached hydrogens (tertiary/aromatic N) is 2. The van der Waals surface area contributed by atoms with Crippen LogP contribution in [0.15, 0.2) is 59.8 Å². The van der Waals surface area contributed by atoms with Gasteiger partial charge in [-0.3, -0.25) is 4.79 Å². The van der Waals surface area contributed by atoms with Crippen LogP contribution in [-0.2, 0) is 20.8 Å². The average molecular weight is 413 g/mol. The van der Waals surface area contributed by atoms with Crippen LogP contribution in [0.2, 0.25) is 5.02 Å². The number of carbonyl (C=O) groups excluding carboxylic acids is 2. The minimum atomic E-state index is -0.861. The highest BCUT2D eigenvalue weighted by Gasteiger charge is 2.52. The van der Waals surface area contributed by atoms with E-state index in [4.69, 9.17) is 21.2 Å². The highest BCUT2D eigenvalue weighted by molar-refractivity contribution is 6.30. The second-order valence-electron chi connectivity index (χ2n) is 7.73. The highest BCUT2D eigenvalue weighted by atomic mass is 35.5. The summed E-state index contributed by atoms with van der Waals surface area (Å²) in [5, 5.41) is 4.67. The van der Waals surface area contributed by atoms with Gasteiger partial charge in [-0.05, 0) is 43.5 Å². The summed E-state index contributed by atoms with van der Waals surface area (Å²) in [4.78, 5) is 32.3. The maximum absolute atomic E-state index is 13.2. The van der Waals surface area contributed by atoms with Crippen molar-refractivity contribution in [1.82, 2.24) is 4.90 Å². The molecule has 0 radical (unpaired) electrons. The van der Waals surface area contributed by atoms with Crippen LogP contribution in [0.25, 0.3) is 0 Å².